The third-order valence-corrected chi connectivity index (χ3v) is 6.67. The van der Waals surface area contributed by atoms with Crippen molar-refractivity contribution in [1.82, 2.24) is 9.47 Å². The molecule has 0 saturated carbocycles. The summed E-state index contributed by atoms with van der Waals surface area (Å²) in [6.45, 7) is 6.87. The molecule has 7 nitrogen and oxygen atoms in total. The summed E-state index contributed by atoms with van der Waals surface area (Å²) in [6.07, 6.45) is 2.64. The van der Waals surface area contributed by atoms with E-state index >= 15 is 0 Å². The van der Waals surface area contributed by atoms with Crippen molar-refractivity contribution in [2.75, 3.05) is 46.6 Å². The van der Waals surface area contributed by atoms with E-state index in [1.807, 2.05) is 49.5 Å². The maximum absolute atomic E-state index is 11.9. The van der Waals surface area contributed by atoms with Crippen LogP contribution in [0.25, 0.3) is 0 Å². The fourth-order valence-electron chi connectivity index (χ4n) is 4.36. The summed E-state index contributed by atoms with van der Waals surface area (Å²) in [7, 11) is 1.70. The van der Waals surface area contributed by atoms with E-state index in [2.05, 4.69) is 17.0 Å². The van der Waals surface area contributed by atoms with E-state index in [9.17, 15) is 4.79 Å². The predicted octanol–water partition coefficient (Wildman–Crippen LogP) is 4.58. The number of halogens is 1. The fraction of sp³-hybridized carbons (Fsp3) is 0.414. The molecule has 1 aliphatic rings. The summed E-state index contributed by atoms with van der Waals surface area (Å²) in [6, 6.07) is 19.0. The number of ether oxygens (including phenoxy) is 4. The van der Waals surface area contributed by atoms with Gasteiger partial charge in [0.25, 0.3) is 5.56 Å². The minimum atomic E-state index is -0.582. The average molecular weight is 527 g/mol. The SMILES string of the molecule is COC1(COc2cccc(Cl)c2)COCCN(Cc2ccc(OCCCn3cc(C)ccc3=O)cc2)C1. The van der Waals surface area contributed by atoms with E-state index in [-0.39, 0.29) is 5.56 Å². The zero-order valence-corrected chi connectivity index (χ0v) is 22.3. The molecule has 1 aromatic heterocycles. The number of pyridine rings is 1. The van der Waals surface area contributed by atoms with E-state index in [4.69, 9.17) is 30.5 Å². The van der Waals surface area contributed by atoms with Crippen molar-refractivity contribution in [2.24, 2.45) is 0 Å². The molecule has 2 aromatic carbocycles. The van der Waals surface area contributed by atoms with Crippen LogP contribution >= 0.6 is 11.6 Å². The quantitative estimate of drug-likeness (QED) is 0.341. The lowest BCUT2D eigenvalue weighted by atomic mass is 10.1. The van der Waals surface area contributed by atoms with Crippen LogP contribution in [0.2, 0.25) is 5.02 Å². The van der Waals surface area contributed by atoms with Crippen molar-refractivity contribution in [3.8, 4) is 11.5 Å². The number of hydrogen-bond acceptors (Lipinski definition) is 6. The lowest BCUT2D eigenvalue weighted by Gasteiger charge is -2.34. The van der Waals surface area contributed by atoms with Gasteiger partial charge in [0.05, 0.1) is 19.8 Å². The Morgan fingerprint density at radius 1 is 1.05 bits per heavy atom. The number of rotatable bonds is 11. The van der Waals surface area contributed by atoms with Gasteiger partial charge in [-0.05, 0) is 54.8 Å². The largest absolute Gasteiger partial charge is 0.494 e. The second-order valence-corrected chi connectivity index (χ2v) is 9.92. The normalized spacial score (nSPS) is 18.4. The van der Waals surface area contributed by atoms with Gasteiger partial charge in [0.15, 0.2) is 0 Å². The maximum Gasteiger partial charge on any atom is 0.250 e. The lowest BCUT2D eigenvalue weighted by Crippen LogP contribution is -2.50. The Balaban J connectivity index is 1.28. The van der Waals surface area contributed by atoms with E-state index in [0.717, 1.165) is 30.8 Å². The molecule has 1 unspecified atom stereocenters. The van der Waals surface area contributed by atoms with Gasteiger partial charge in [-0.3, -0.25) is 9.69 Å². The lowest BCUT2D eigenvalue weighted by molar-refractivity contribution is -0.0925. The van der Waals surface area contributed by atoms with Gasteiger partial charge in [0, 0.05) is 50.6 Å². The molecule has 1 saturated heterocycles. The number of methoxy groups -OCH3 is 1. The van der Waals surface area contributed by atoms with Gasteiger partial charge in [-0.15, -0.1) is 0 Å². The Morgan fingerprint density at radius 2 is 1.89 bits per heavy atom. The van der Waals surface area contributed by atoms with E-state index in [1.165, 1.54) is 5.56 Å². The summed E-state index contributed by atoms with van der Waals surface area (Å²) < 4.78 is 25.5. The molecule has 0 spiro atoms. The van der Waals surface area contributed by atoms with Crippen LogP contribution in [-0.4, -0.2) is 61.7 Å². The molecular formula is C29H35ClN2O5. The first-order valence-corrected chi connectivity index (χ1v) is 12.9. The summed E-state index contributed by atoms with van der Waals surface area (Å²) in [5.74, 6) is 1.53. The summed E-state index contributed by atoms with van der Waals surface area (Å²) in [4.78, 5) is 14.2. The van der Waals surface area contributed by atoms with Gasteiger partial charge in [-0.2, -0.15) is 0 Å². The van der Waals surface area contributed by atoms with Crippen molar-refractivity contribution in [2.45, 2.75) is 32.0 Å². The second kappa shape index (κ2) is 13.1. The molecule has 3 aromatic rings. The average Bonchev–Trinajstić information content (AvgIpc) is 3.11. The number of nitrogens with zero attached hydrogens (tertiary/aromatic N) is 2. The molecule has 2 heterocycles. The number of benzene rings is 2. The van der Waals surface area contributed by atoms with Crippen LogP contribution in [0.1, 0.15) is 17.5 Å². The Labute approximate surface area is 223 Å². The van der Waals surface area contributed by atoms with Crippen LogP contribution in [0.4, 0.5) is 0 Å². The summed E-state index contributed by atoms with van der Waals surface area (Å²) in [5.41, 5.74) is 1.69. The van der Waals surface area contributed by atoms with E-state index < -0.39 is 5.60 Å². The molecule has 4 rings (SSSR count). The highest BCUT2D eigenvalue weighted by molar-refractivity contribution is 6.30. The molecule has 1 fully saturated rings. The van der Waals surface area contributed by atoms with E-state index in [1.54, 1.807) is 23.8 Å². The van der Waals surface area contributed by atoms with Crippen LogP contribution in [-0.2, 0) is 22.6 Å². The zero-order valence-electron chi connectivity index (χ0n) is 21.5. The number of aromatic nitrogens is 1. The molecule has 37 heavy (non-hydrogen) atoms. The van der Waals surface area contributed by atoms with Gasteiger partial charge in [-0.1, -0.05) is 35.9 Å². The van der Waals surface area contributed by atoms with Crippen molar-refractivity contribution in [1.29, 1.82) is 0 Å². The second-order valence-electron chi connectivity index (χ2n) is 9.48. The van der Waals surface area contributed by atoms with Crippen molar-refractivity contribution in [3.63, 3.8) is 0 Å². The monoisotopic (exact) mass is 526 g/mol. The Bertz CT molecular complexity index is 1200. The fourth-order valence-corrected chi connectivity index (χ4v) is 4.54. The smallest absolute Gasteiger partial charge is 0.250 e. The van der Waals surface area contributed by atoms with Crippen molar-refractivity contribution < 1.29 is 18.9 Å². The van der Waals surface area contributed by atoms with E-state index in [0.29, 0.717) is 50.3 Å². The van der Waals surface area contributed by atoms with Gasteiger partial charge >= 0.3 is 0 Å². The number of hydrogen-bond donors (Lipinski definition) is 0. The molecule has 0 amide bonds. The number of aryl methyl sites for hydroxylation is 2. The Kier molecular flexibility index (Phi) is 9.63. The highest BCUT2D eigenvalue weighted by atomic mass is 35.5. The molecule has 0 radical (unpaired) electrons. The minimum Gasteiger partial charge on any atom is -0.494 e. The summed E-state index contributed by atoms with van der Waals surface area (Å²) >= 11 is 6.09. The minimum absolute atomic E-state index is 0.0161. The molecular weight excluding hydrogens is 492 g/mol. The maximum atomic E-state index is 11.9. The van der Waals surface area contributed by atoms with Crippen LogP contribution in [0, 0.1) is 6.92 Å². The molecule has 0 aliphatic carbocycles. The zero-order chi connectivity index (χ0) is 26.1. The molecule has 198 valence electrons. The van der Waals surface area contributed by atoms with Crippen LogP contribution in [0.3, 0.4) is 0 Å². The molecule has 8 heteroatoms. The third kappa shape index (κ3) is 8.07. The van der Waals surface area contributed by atoms with Gasteiger partial charge in [-0.25, -0.2) is 0 Å². The highest BCUT2D eigenvalue weighted by Gasteiger charge is 2.36. The third-order valence-electron chi connectivity index (χ3n) is 6.43. The van der Waals surface area contributed by atoms with Crippen LogP contribution < -0.4 is 15.0 Å². The molecule has 0 N–H and O–H groups in total. The first kappa shape index (κ1) is 27.2. The summed E-state index contributed by atoms with van der Waals surface area (Å²) in [5, 5.41) is 0.636. The van der Waals surface area contributed by atoms with Gasteiger partial charge < -0.3 is 23.5 Å². The van der Waals surface area contributed by atoms with Crippen molar-refractivity contribution >= 4 is 11.6 Å². The molecule has 1 aliphatic heterocycles. The first-order valence-electron chi connectivity index (χ1n) is 12.6. The Morgan fingerprint density at radius 3 is 2.68 bits per heavy atom. The predicted molar refractivity (Wildman–Crippen MR) is 145 cm³/mol. The topological polar surface area (TPSA) is 62.2 Å². The van der Waals surface area contributed by atoms with Crippen LogP contribution in [0.5, 0.6) is 11.5 Å². The molecule has 1 atom stereocenters. The standard InChI is InChI=1S/C29H35ClN2O5/c1-23-7-12-28(33)32(18-23)13-4-15-36-26-10-8-24(9-11-26)19-31-14-16-35-21-29(20-31,34-2)22-37-27-6-3-5-25(30)17-27/h3,5-12,17-18H,4,13-16,19-22H2,1-2H3. The highest BCUT2D eigenvalue weighted by Crippen LogP contribution is 2.23. The van der Waals surface area contributed by atoms with Gasteiger partial charge in [0.1, 0.15) is 23.7 Å². The van der Waals surface area contributed by atoms with Crippen LogP contribution in [0.15, 0.2) is 71.7 Å². The van der Waals surface area contributed by atoms with Crippen molar-refractivity contribution in [3.05, 3.63) is 93.4 Å². The molecule has 0 bridgehead atoms. The Hall–Kier alpha value is -2.84. The first-order chi connectivity index (χ1) is 17.9. The van der Waals surface area contributed by atoms with Gasteiger partial charge in [0.2, 0.25) is 0 Å².